The minimum Gasteiger partial charge on any atom is -0.760 e. The summed E-state index contributed by atoms with van der Waals surface area (Å²) in [5.41, 5.74) is 0. The number of nitrogens with two attached hydrogens (primary N) is 4. The van der Waals surface area contributed by atoms with Gasteiger partial charge in [0.25, 0.3) is 0 Å². The molecule has 0 saturated carbocycles. The molecule has 38 heavy (non-hydrogen) atoms. The van der Waals surface area contributed by atoms with Gasteiger partial charge >= 0.3 is 0 Å². The Kier molecular flexibility index (Phi) is 105. The van der Waals surface area contributed by atoms with Crippen molar-refractivity contribution in [1.29, 1.82) is 0 Å². The van der Waals surface area contributed by atoms with E-state index in [1.807, 2.05) is 26.7 Å². The fourth-order valence-electron chi connectivity index (χ4n) is 0.136. The Morgan fingerprint density at radius 1 is 0.816 bits per heavy atom. The van der Waals surface area contributed by atoms with Crippen molar-refractivity contribution >= 4 is 56.8 Å². The molecule has 0 aromatic rings. The normalized spacial score (nSPS) is 11.7. The highest BCUT2D eigenvalue weighted by atomic mass is 32.2. The highest BCUT2D eigenvalue weighted by Crippen LogP contribution is 2.03. The van der Waals surface area contributed by atoms with Crippen LogP contribution in [0.2, 0.25) is 0 Å². The molecule has 5 atom stereocenters. The monoisotopic (exact) mass is 652 g/mol. The van der Waals surface area contributed by atoms with Crippen LogP contribution in [0.4, 0.5) is 0 Å². The lowest BCUT2D eigenvalue weighted by molar-refractivity contribution is 0.191. The summed E-state index contributed by atoms with van der Waals surface area (Å²) in [5.74, 6) is 2.43. The average molecular weight is 653 g/mol. The lowest BCUT2D eigenvalue weighted by Gasteiger charge is -1.90. The number of rotatable bonds is 3. The smallest absolute Gasteiger partial charge is 0.103 e. The molecule has 0 aliphatic heterocycles. The minimum absolute atomic E-state index is 0. The first-order chi connectivity index (χ1) is 17.2. The molecule has 0 aliphatic carbocycles. The lowest BCUT2D eigenvalue weighted by Crippen LogP contribution is -1.97. The van der Waals surface area contributed by atoms with Crippen LogP contribution in [0.3, 0.4) is 0 Å². The number of aliphatic hydroxyl groups is 3. The van der Waals surface area contributed by atoms with Crippen molar-refractivity contribution in [2.75, 3.05) is 13.2 Å². The molecule has 0 aromatic carbocycles. The molecule has 20 heteroatoms. The first-order valence-corrected chi connectivity index (χ1v) is 14.7. The molecule has 11 N–H and O–H groups in total. The summed E-state index contributed by atoms with van der Waals surface area (Å²) in [5, 5.41) is 43.3. The summed E-state index contributed by atoms with van der Waals surface area (Å²) in [6.45, 7) is 12.0. The Hall–Kier alpha value is -0.810. The standard InChI is InChI=1S/C5H8S.2C4H10O.C3H4O.C2H2.4H3NO2S.H2/c1-4-6-5(2)3;1-4(2)3-5;1-3-4(2)5;1-2-3-4;1-2;4*1-4(2)3;/h1,5H,2-3H3;2*4-5H,3H2,1-2H3;1,4H,3H2;1-2H;4*1H2,(H,2,3);1H/p-4. The highest BCUT2D eigenvalue weighted by Gasteiger charge is 1.84. The van der Waals surface area contributed by atoms with Gasteiger partial charge in [0.1, 0.15) is 6.61 Å². The van der Waals surface area contributed by atoms with Crippen molar-refractivity contribution in [3.8, 4) is 36.9 Å². The lowest BCUT2D eigenvalue weighted by atomic mass is 10.2. The Morgan fingerprint density at radius 2 is 0.974 bits per heavy atom. The molecular weight excluding hydrogens is 609 g/mol. The first-order valence-electron chi connectivity index (χ1n) is 9.28. The summed E-state index contributed by atoms with van der Waals surface area (Å²) >= 11 is -7.93. The molecule has 0 aromatic heterocycles. The molecule has 0 bridgehead atoms. The molecule has 0 fully saturated rings. The van der Waals surface area contributed by atoms with E-state index < -0.39 is 45.1 Å². The van der Waals surface area contributed by atoms with Crippen LogP contribution < -0.4 is 20.6 Å². The number of hydrogen-bond donors (Lipinski definition) is 7. The van der Waals surface area contributed by atoms with Crippen LogP contribution >= 0.6 is 11.8 Å². The highest BCUT2D eigenvalue weighted by molar-refractivity contribution is 8.04. The van der Waals surface area contributed by atoms with E-state index in [0.29, 0.717) is 17.8 Å². The van der Waals surface area contributed by atoms with Gasteiger partial charge in [-0.2, -0.15) is 0 Å². The van der Waals surface area contributed by atoms with E-state index in [0.717, 1.165) is 6.42 Å². The van der Waals surface area contributed by atoms with Gasteiger partial charge in [-0.3, -0.25) is 37.4 Å². The maximum absolute atomic E-state index is 8.78. The number of terminal acetylenes is 3. The number of thioether (sulfide) groups is 1. The predicted molar refractivity (Wildman–Crippen MR) is 156 cm³/mol. The van der Waals surface area contributed by atoms with Gasteiger partial charge in [-0.15, -0.1) is 25.7 Å². The van der Waals surface area contributed by atoms with E-state index in [4.69, 9.17) is 56.8 Å². The quantitative estimate of drug-likeness (QED) is 0.131. The fraction of sp³-hybridized carbons (Fsp3) is 0.667. The number of hydrogen-bond acceptors (Lipinski definition) is 12. The van der Waals surface area contributed by atoms with Crippen LogP contribution in [0.1, 0.15) is 49.4 Å². The fourth-order valence-corrected chi connectivity index (χ4v) is 0.408. The minimum atomic E-state index is -2.36. The molecule has 0 radical (unpaired) electrons. The van der Waals surface area contributed by atoms with Gasteiger partial charge in [0.2, 0.25) is 0 Å². The second-order valence-electron chi connectivity index (χ2n) is 5.52. The molecule has 0 rings (SSSR count). The molecular formula is C18H44N4O11S5-4. The van der Waals surface area contributed by atoms with Gasteiger partial charge in [-0.05, 0) is 24.5 Å². The SMILES string of the molecule is C#C.C#CCO.C#CSC(C)C.CC(C)CO.CCC(C)O.NS(=O)[O-].NS(=O)[O-].NS(=O)[O-].NS(=O)[O-].[HH]. The van der Waals surface area contributed by atoms with Gasteiger partial charge in [-0.25, -0.2) is 0 Å². The van der Waals surface area contributed by atoms with Gasteiger partial charge in [0.05, 0.1) is 6.10 Å². The Morgan fingerprint density at radius 3 is 0.974 bits per heavy atom. The molecule has 5 unspecified atom stereocenters. The maximum atomic E-state index is 8.78. The van der Waals surface area contributed by atoms with Crippen LogP contribution in [-0.4, -0.2) is 74.9 Å². The molecule has 15 nitrogen and oxygen atoms in total. The van der Waals surface area contributed by atoms with E-state index in [-0.39, 0.29) is 14.1 Å². The molecule has 0 aliphatic rings. The van der Waals surface area contributed by atoms with E-state index in [1.165, 1.54) is 11.8 Å². The topological polar surface area (TPSA) is 325 Å². The molecule has 0 heterocycles. The van der Waals surface area contributed by atoms with Crippen LogP contribution in [0.15, 0.2) is 0 Å². The van der Waals surface area contributed by atoms with Gasteiger partial charge < -0.3 is 33.5 Å². The van der Waals surface area contributed by atoms with Crippen molar-refractivity contribution in [2.45, 2.75) is 59.3 Å². The zero-order valence-corrected chi connectivity index (χ0v) is 26.2. The Labute approximate surface area is 243 Å². The van der Waals surface area contributed by atoms with E-state index >= 15 is 0 Å². The molecule has 0 saturated heterocycles. The van der Waals surface area contributed by atoms with Crippen molar-refractivity contribution in [3.05, 3.63) is 0 Å². The van der Waals surface area contributed by atoms with E-state index in [1.54, 1.807) is 6.92 Å². The van der Waals surface area contributed by atoms with Crippen molar-refractivity contribution in [1.82, 2.24) is 0 Å². The van der Waals surface area contributed by atoms with Crippen LogP contribution in [0.25, 0.3) is 0 Å². The van der Waals surface area contributed by atoms with Crippen molar-refractivity contribution in [2.24, 2.45) is 26.5 Å². The van der Waals surface area contributed by atoms with Crippen LogP contribution in [0, 0.1) is 42.8 Å². The van der Waals surface area contributed by atoms with Gasteiger partial charge in [0, 0.05) is 58.3 Å². The number of aliphatic hydroxyl groups excluding tert-OH is 3. The zero-order valence-electron chi connectivity index (χ0n) is 22.1. The van der Waals surface area contributed by atoms with E-state index in [9.17, 15) is 0 Å². The average Bonchev–Trinajstić information content (AvgIpc) is 2.74. The summed E-state index contributed by atoms with van der Waals surface area (Å²) in [4.78, 5) is 0. The Bertz CT molecular complexity index is 548. The van der Waals surface area contributed by atoms with Gasteiger partial charge in [0.15, 0.2) is 0 Å². The van der Waals surface area contributed by atoms with Crippen LogP contribution in [0.5, 0.6) is 0 Å². The van der Waals surface area contributed by atoms with Crippen molar-refractivity contribution < 1.29 is 51.8 Å². The van der Waals surface area contributed by atoms with Gasteiger partial charge in [-0.1, -0.05) is 52.3 Å². The summed E-state index contributed by atoms with van der Waals surface area (Å²) < 4.78 is 70.2. The zero-order chi connectivity index (χ0) is 33.3. The van der Waals surface area contributed by atoms with Crippen LogP contribution in [-0.2, 0) is 45.1 Å². The maximum Gasteiger partial charge on any atom is 0.103 e. The van der Waals surface area contributed by atoms with Crippen molar-refractivity contribution in [3.63, 3.8) is 0 Å². The second-order valence-corrected chi connectivity index (χ2v) is 9.02. The molecule has 0 amide bonds. The van der Waals surface area contributed by atoms with E-state index in [2.05, 4.69) is 58.9 Å². The third kappa shape index (κ3) is 796. The molecule has 236 valence electrons. The Balaban J connectivity index is -0.0000000305. The largest absolute Gasteiger partial charge is 0.760 e. The summed E-state index contributed by atoms with van der Waals surface area (Å²) in [6, 6.07) is 0. The first kappa shape index (κ1) is 61.3. The second kappa shape index (κ2) is 65.3. The molecule has 0 spiro atoms. The third-order valence-electron chi connectivity index (χ3n) is 1.35. The predicted octanol–water partition coefficient (Wildman–Crippen LogP) is -1.81. The third-order valence-corrected chi connectivity index (χ3v) is 1.96. The summed E-state index contributed by atoms with van der Waals surface area (Å²) in [7, 11) is 0. The summed E-state index contributed by atoms with van der Waals surface area (Å²) in [6.07, 6.45) is 18.2.